The highest BCUT2D eigenvalue weighted by Gasteiger charge is 2.43. The lowest BCUT2D eigenvalue weighted by Gasteiger charge is -2.14. The van der Waals surface area contributed by atoms with Crippen molar-refractivity contribution in [2.45, 2.75) is 50.5 Å². The average Bonchev–Trinajstić information content (AvgIpc) is 3.22. The largest absolute Gasteiger partial charge is 0.388 e. The number of aliphatic hydroxyl groups is 2. The first-order valence-electron chi connectivity index (χ1n) is 9.02. The maximum Gasteiger partial charge on any atom is 0.222 e. The molecule has 1 aromatic carbocycles. The maximum absolute atomic E-state index is 12.9. The lowest BCUT2D eigenvalue weighted by atomic mass is 10.1. The summed E-state index contributed by atoms with van der Waals surface area (Å²) in [6.45, 7) is 1.01. The van der Waals surface area contributed by atoms with E-state index in [1.54, 1.807) is 25.4 Å². The van der Waals surface area contributed by atoms with Crippen LogP contribution in [0.5, 0.6) is 0 Å². The van der Waals surface area contributed by atoms with Gasteiger partial charge in [0.1, 0.15) is 24.1 Å². The number of aromatic nitrogens is 3. The zero-order valence-electron chi connectivity index (χ0n) is 15.5. The van der Waals surface area contributed by atoms with Gasteiger partial charge in [-0.15, -0.1) is 5.10 Å². The zero-order valence-corrected chi connectivity index (χ0v) is 15.5. The van der Waals surface area contributed by atoms with Crippen LogP contribution in [0.3, 0.4) is 0 Å². The number of hydrogen-bond donors (Lipinski definition) is 4. The summed E-state index contributed by atoms with van der Waals surface area (Å²) in [6, 6.07) is 5.80. The molecule has 0 bridgehead atoms. The predicted octanol–water partition coefficient (Wildman–Crippen LogP) is -0.668. The van der Waals surface area contributed by atoms with E-state index in [0.717, 1.165) is 11.3 Å². The number of nitrogens with one attached hydrogen (secondary N) is 2. The molecule has 3 rings (SSSR count). The summed E-state index contributed by atoms with van der Waals surface area (Å²) in [5, 5.41) is 34.0. The van der Waals surface area contributed by atoms with Crippen molar-refractivity contribution in [2.24, 2.45) is 0 Å². The van der Waals surface area contributed by atoms with Gasteiger partial charge in [-0.3, -0.25) is 4.79 Å². The molecule has 2 aromatic rings. The first-order chi connectivity index (χ1) is 13.5. The number of amides is 1. The minimum Gasteiger partial charge on any atom is -0.388 e. The lowest BCUT2D eigenvalue weighted by Crippen LogP contribution is -2.36. The third-order valence-electron chi connectivity index (χ3n) is 4.56. The van der Waals surface area contributed by atoms with Gasteiger partial charge in [-0.1, -0.05) is 17.3 Å². The molecule has 28 heavy (non-hydrogen) atoms. The summed E-state index contributed by atoms with van der Waals surface area (Å²) < 4.78 is 20.1. The third kappa shape index (κ3) is 5.10. The Morgan fingerprint density at radius 3 is 2.64 bits per heavy atom. The van der Waals surface area contributed by atoms with Gasteiger partial charge in [0.05, 0.1) is 24.8 Å². The van der Waals surface area contributed by atoms with Gasteiger partial charge in [0.25, 0.3) is 0 Å². The molecule has 4 N–H and O–H groups in total. The van der Waals surface area contributed by atoms with Crippen LogP contribution in [0.1, 0.15) is 17.7 Å². The fourth-order valence-electron chi connectivity index (χ4n) is 3.08. The first kappa shape index (κ1) is 20.3. The van der Waals surface area contributed by atoms with Crippen molar-refractivity contribution in [3.63, 3.8) is 0 Å². The van der Waals surface area contributed by atoms with Gasteiger partial charge < -0.3 is 25.6 Å². The molecule has 1 aliphatic rings. The van der Waals surface area contributed by atoms with Crippen LogP contribution in [0.4, 0.5) is 4.39 Å². The van der Waals surface area contributed by atoms with Crippen molar-refractivity contribution >= 4 is 5.91 Å². The third-order valence-corrected chi connectivity index (χ3v) is 4.56. The van der Waals surface area contributed by atoms with Crippen molar-refractivity contribution in [1.82, 2.24) is 25.6 Å². The van der Waals surface area contributed by atoms with Crippen molar-refractivity contribution in [3.05, 3.63) is 47.5 Å². The molecule has 0 radical (unpaired) electrons. The van der Waals surface area contributed by atoms with E-state index in [1.807, 2.05) is 0 Å². The van der Waals surface area contributed by atoms with Crippen molar-refractivity contribution < 1.29 is 24.1 Å². The minimum atomic E-state index is -1.18. The Labute approximate surface area is 161 Å². The SMILES string of the molecule is CNCc1cn(C[C@@H]2O[C@@H](CC(=O)NCc3ccc(F)cc3)[C@H](O)[C@@H]2O)nn1. The molecule has 10 heteroatoms. The van der Waals surface area contributed by atoms with Crippen LogP contribution >= 0.6 is 0 Å². The van der Waals surface area contributed by atoms with Gasteiger partial charge in [0.15, 0.2) is 0 Å². The monoisotopic (exact) mass is 393 g/mol. The molecular weight excluding hydrogens is 369 g/mol. The second-order valence-electron chi connectivity index (χ2n) is 6.76. The number of aliphatic hydroxyl groups excluding tert-OH is 2. The molecule has 9 nitrogen and oxygen atoms in total. The summed E-state index contributed by atoms with van der Waals surface area (Å²) in [7, 11) is 1.80. The molecule has 1 amide bonds. The van der Waals surface area contributed by atoms with Crippen LogP contribution in [-0.2, 0) is 29.2 Å². The van der Waals surface area contributed by atoms with E-state index in [4.69, 9.17) is 4.74 Å². The van der Waals surface area contributed by atoms with E-state index in [-0.39, 0.29) is 31.2 Å². The number of hydrogen-bond acceptors (Lipinski definition) is 7. The molecule has 4 atom stereocenters. The second-order valence-corrected chi connectivity index (χ2v) is 6.76. The van der Waals surface area contributed by atoms with Gasteiger partial charge in [-0.05, 0) is 24.7 Å². The predicted molar refractivity (Wildman–Crippen MR) is 96.3 cm³/mol. The Morgan fingerprint density at radius 2 is 1.93 bits per heavy atom. The average molecular weight is 393 g/mol. The Hall–Kier alpha value is -2.40. The maximum atomic E-state index is 12.9. The summed E-state index contributed by atoms with van der Waals surface area (Å²) in [5.41, 5.74) is 1.50. The number of halogens is 1. The molecule has 1 aromatic heterocycles. The number of carbonyl (C=O) groups excluding carboxylic acids is 1. The van der Waals surface area contributed by atoms with E-state index >= 15 is 0 Å². The highest BCUT2D eigenvalue weighted by molar-refractivity contribution is 5.76. The Morgan fingerprint density at radius 1 is 1.21 bits per heavy atom. The van der Waals surface area contributed by atoms with Crippen LogP contribution < -0.4 is 10.6 Å². The van der Waals surface area contributed by atoms with Crippen LogP contribution in [-0.4, -0.2) is 62.6 Å². The number of rotatable bonds is 8. The lowest BCUT2D eigenvalue weighted by molar-refractivity contribution is -0.125. The summed E-state index contributed by atoms with van der Waals surface area (Å²) in [4.78, 5) is 12.1. The zero-order chi connectivity index (χ0) is 20.1. The van der Waals surface area contributed by atoms with Gasteiger partial charge in [0.2, 0.25) is 5.91 Å². The molecule has 0 aliphatic carbocycles. The molecule has 1 aliphatic heterocycles. The standard InChI is InChI=1S/C18H24FN5O4/c1-20-8-13-9-24(23-22-13)10-15-18(27)17(26)14(28-15)6-16(25)21-7-11-2-4-12(19)5-3-11/h2-5,9,14-15,17-18,20,26-27H,6-8,10H2,1H3,(H,21,25)/t14-,15-,17-,18+/m0/s1. The molecule has 0 saturated carbocycles. The molecule has 2 heterocycles. The topological polar surface area (TPSA) is 122 Å². The first-order valence-corrected chi connectivity index (χ1v) is 9.02. The van der Waals surface area contributed by atoms with Crippen LogP contribution in [0, 0.1) is 5.82 Å². The van der Waals surface area contributed by atoms with Crippen LogP contribution in [0.15, 0.2) is 30.5 Å². The summed E-state index contributed by atoms with van der Waals surface area (Å²) >= 11 is 0. The van der Waals surface area contributed by atoms with Gasteiger partial charge in [-0.2, -0.15) is 0 Å². The van der Waals surface area contributed by atoms with Crippen LogP contribution in [0.25, 0.3) is 0 Å². The van der Waals surface area contributed by atoms with Gasteiger partial charge >= 0.3 is 0 Å². The molecule has 0 spiro atoms. The Balaban J connectivity index is 1.50. The van der Waals surface area contributed by atoms with Crippen LogP contribution in [0.2, 0.25) is 0 Å². The second kappa shape index (κ2) is 9.20. The minimum absolute atomic E-state index is 0.0989. The Bertz CT molecular complexity index is 785. The number of nitrogens with zero attached hydrogens (tertiary/aromatic N) is 3. The normalized spacial score (nSPS) is 24.4. The smallest absolute Gasteiger partial charge is 0.222 e. The van der Waals surface area contributed by atoms with E-state index < -0.39 is 24.4 Å². The molecule has 0 unspecified atom stereocenters. The quantitative estimate of drug-likeness (QED) is 0.469. The molecule has 1 saturated heterocycles. The highest BCUT2D eigenvalue weighted by atomic mass is 19.1. The van der Waals surface area contributed by atoms with E-state index in [9.17, 15) is 19.4 Å². The highest BCUT2D eigenvalue weighted by Crippen LogP contribution is 2.24. The molecular formula is C18H24FN5O4. The Kier molecular flexibility index (Phi) is 6.68. The summed E-state index contributed by atoms with van der Waals surface area (Å²) in [5.74, 6) is -0.679. The fraction of sp³-hybridized carbons (Fsp3) is 0.500. The molecule has 152 valence electrons. The van der Waals surface area contributed by atoms with E-state index in [1.165, 1.54) is 16.8 Å². The van der Waals surface area contributed by atoms with Crippen molar-refractivity contribution in [2.75, 3.05) is 7.05 Å². The number of benzene rings is 1. The van der Waals surface area contributed by atoms with Crippen molar-refractivity contribution in [1.29, 1.82) is 0 Å². The summed E-state index contributed by atoms with van der Waals surface area (Å²) in [6.07, 6.45) is -2.21. The van der Waals surface area contributed by atoms with Crippen molar-refractivity contribution in [3.8, 4) is 0 Å². The van der Waals surface area contributed by atoms with Gasteiger partial charge in [0, 0.05) is 19.3 Å². The number of ether oxygens (including phenoxy) is 1. The fourth-order valence-corrected chi connectivity index (χ4v) is 3.08. The van der Waals surface area contributed by atoms with Gasteiger partial charge in [-0.25, -0.2) is 9.07 Å². The van der Waals surface area contributed by atoms with E-state index in [2.05, 4.69) is 20.9 Å². The van der Waals surface area contributed by atoms with E-state index in [0.29, 0.717) is 6.54 Å². The molecule has 1 fully saturated rings. The number of carbonyl (C=O) groups is 1.